The lowest BCUT2D eigenvalue weighted by atomic mass is 10.0. The molecule has 0 saturated heterocycles. The van der Waals surface area contributed by atoms with Gasteiger partial charge >= 0.3 is 0 Å². The fourth-order valence-electron chi connectivity index (χ4n) is 2.94. The van der Waals surface area contributed by atoms with Gasteiger partial charge in [-0.25, -0.2) is 0 Å². The first kappa shape index (κ1) is 23.0. The molecule has 0 spiro atoms. The molecule has 140 valence electrons. The van der Waals surface area contributed by atoms with Crippen molar-refractivity contribution in [3.8, 4) is 11.8 Å². The van der Waals surface area contributed by atoms with Gasteiger partial charge in [0.05, 0.1) is 0 Å². The highest BCUT2D eigenvalue weighted by Crippen LogP contribution is 2.13. The van der Waals surface area contributed by atoms with Gasteiger partial charge in [0, 0.05) is 19.3 Å². The SMILES string of the molecule is CCCCCCCCCCCCCCCCC#CCCCC(N)=O. The summed E-state index contributed by atoms with van der Waals surface area (Å²) >= 11 is 0. The van der Waals surface area contributed by atoms with Crippen LogP contribution in [0.2, 0.25) is 0 Å². The molecule has 2 nitrogen and oxygen atoms in total. The molecule has 24 heavy (non-hydrogen) atoms. The molecule has 1 amide bonds. The highest BCUT2D eigenvalue weighted by molar-refractivity contribution is 5.73. The van der Waals surface area contributed by atoms with Crippen molar-refractivity contribution in [1.29, 1.82) is 0 Å². The quantitative estimate of drug-likeness (QED) is 0.239. The van der Waals surface area contributed by atoms with E-state index in [1.54, 1.807) is 0 Å². The number of hydrogen-bond acceptors (Lipinski definition) is 1. The van der Waals surface area contributed by atoms with Crippen molar-refractivity contribution in [1.82, 2.24) is 0 Å². The third-order valence-electron chi connectivity index (χ3n) is 4.51. The predicted octanol–water partition coefficient (Wildman–Crippen LogP) is 6.52. The summed E-state index contributed by atoms with van der Waals surface area (Å²) in [5.74, 6) is 6.11. The summed E-state index contributed by atoms with van der Waals surface area (Å²) < 4.78 is 0. The van der Waals surface area contributed by atoms with Crippen LogP contribution in [0.5, 0.6) is 0 Å². The normalized spacial score (nSPS) is 10.4. The van der Waals surface area contributed by atoms with E-state index in [4.69, 9.17) is 5.73 Å². The Hall–Kier alpha value is -0.970. The Bertz CT molecular complexity index is 327. The van der Waals surface area contributed by atoms with Crippen LogP contribution in [0.15, 0.2) is 0 Å². The molecule has 0 aromatic heterocycles. The molecule has 0 bridgehead atoms. The monoisotopic (exact) mass is 335 g/mol. The van der Waals surface area contributed by atoms with Gasteiger partial charge in [-0.2, -0.15) is 0 Å². The predicted molar refractivity (Wildman–Crippen MR) is 106 cm³/mol. The van der Waals surface area contributed by atoms with E-state index in [9.17, 15) is 4.79 Å². The van der Waals surface area contributed by atoms with Gasteiger partial charge in [-0.1, -0.05) is 90.4 Å². The Balaban J connectivity index is 3.07. The average molecular weight is 336 g/mol. The van der Waals surface area contributed by atoms with Gasteiger partial charge in [0.1, 0.15) is 0 Å². The van der Waals surface area contributed by atoms with Gasteiger partial charge in [-0.05, 0) is 12.8 Å². The second-order valence-corrected chi connectivity index (χ2v) is 7.02. The smallest absolute Gasteiger partial charge is 0.217 e. The van der Waals surface area contributed by atoms with Gasteiger partial charge in [-0.15, -0.1) is 11.8 Å². The Morgan fingerprint density at radius 1 is 0.625 bits per heavy atom. The molecule has 0 aromatic rings. The van der Waals surface area contributed by atoms with Crippen LogP contribution in [0, 0.1) is 11.8 Å². The Morgan fingerprint density at radius 3 is 1.42 bits per heavy atom. The second-order valence-electron chi connectivity index (χ2n) is 7.02. The van der Waals surface area contributed by atoms with Crippen LogP contribution in [0.3, 0.4) is 0 Å². The van der Waals surface area contributed by atoms with E-state index in [-0.39, 0.29) is 5.91 Å². The number of nitrogens with two attached hydrogens (primary N) is 1. The molecule has 0 saturated carbocycles. The fourth-order valence-corrected chi connectivity index (χ4v) is 2.94. The molecule has 0 radical (unpaired) electrons. The third-order valence-corrected chi connectivity index (χ3v) is 4.51. The van der Waals surface area contributed by atoms with Crippen molar-refractivity contribution in [3.63, 3.8) is 0 Å². The fraction of sp³-hybridized carbons (Fsp3) is 0.864. The van der Waals surface area contributed by atoms with Crippen LogP contribution in [-0.2, 0) is 4.79 Å². The van der Waals surface area contributed by atoms with E-state index >= 15 is 0 Å². The maximum absolute atomic E-state index is 10.6. The lowest BCUT2D eigenvalue weighted by Crippen LogP contribution is -2.09. The van der Waals surface area contributed by atoms with Crippen molar-refractivity contribution in [2.75, 3.05) is 0 Å². The highest BCUT2D eigenvalue weighted by Gasteiger charge is 1.94. The maximum atomic E-state index is 10.6. The van der Waals surface area contributed by atoms with Crippen molar-refractivity contribution in [3.05, 3.63) is 0 Å². The van der Waals surface area contributed by atoms with Crippen molar-refractivity contribution >= 4 is 5.91 Å². The molecule has 2 heteroatoms. The van der Waals surface area contributed by atoms with E-state index in [0.29, 0.717) is 6.42 Å². The van der Waals surface area contributed by atoms with Crippen molar-refractivity contribution < 1.29 is 4.79 Å². The van der Waals surface area contributed by atoms with Gasteiger partial charge in [-0.3, -0.25) is 4.79 Å². The van der Waals surface area contributed by atoms with E-state index in [2.05, 4.69) is 18.8 Å². The number of amides is 1. The summed E-state index contributed by atoms with van der Waals surface area (Å²) in [6.07, 6.45) is 22.6. The molecule has 0 unspecified atom stereocenters. The van der Waals surface area contributed by atoms with E-state index in [0.717, 1.165) is 19.3 Å². The molecule has 0 aliphatic rings. The first-order chi connectivity index (χ1) is 11.8. The minimum atomic E-state index is -0.219. The van der Waals surface area contributed by atoms with E-state index in [1.165, 1.54) is 89.9 Å². The third kappa shape index (κ3) is 21.0. The maximum Gasteiger partial charge on any atom is 0.217 e. The summed E-state index contributed by atoms with van der Waals surface area (Å²) in [6.45, 7) is 2.28. The Morgan fingerprint density at radius 2 is 1.00 bits per heavy atom. The first-order valence-corrected chi connectivity index (χ1v) is 10.5. The number of hydrogen-bond donors (Lipinski definition) is 1. The molecule has 0 aliphatic carbocycles. The standard InChI is InChI=1S/C22H41NO/c1-2-3-4-5-6-7-8-9-10-11-12-13-14-15-16-17-18-19-20-21-22(23)24/h2-16,19-21H2,1H3,(H2,23,24). The van der Waals surface area contributed by atoms with Crippen LogP contribution in [0.4, 0.5) is 0 Å². The summed E-state index contributed by atoms with van der Waals surface area (Å²) in [5, 5.41) is 0. The van der Waals surface area contributed by atoms with Crippen LogP contribution >= 0.6 is 0 Å². The van der Waals surface area contributed by atoms with Crippen LogP contribution in [0.1, 0.15) is 122 Å². The highest BCUT2D eigenvalue weighted by atomic mass is 16.1. The number of primary amides is 1. The summed E-state index contributed by atoms with van der Waals surface area (Å²) in [6, 6.07) is 0. The van der Waals surface area contributed by atoms with Gasteiger partial charge in [0.15, 0.2) is 0 Å². The zero-order valence-corrected chi connectivity index (χ0v) is 16.2. The molecule has 0 aliphatic heterocycles. The zero-order valence-electron chi connectivity index (χ0n) is 16.2. The molecule has 0 aromatic carbocycles. The van der Waals surface area contributed by atoms with E-state index < -0.39 is 0 Å². The molecule has 0 heterocycles. The molecule has 0 rings (SSSR count). The molecule has 0 fully saturated rings. The summed E-state index contributed by atoms with van der Waals surface area (Å²) in [5.41, 5.74) is 5.08. The van der Waals surface area contributed by atoms with Gasteiger partial charge < -0.3 is 5.73 Å². The van der Waals surface area contributed by atoms with Crippen molar-refractivity contribution in [2.45, 2.75) is 122 Å². The van der Waals surface area contributed by atoms with E-state index in [1.807, 2.05) is 0 Å². The number of rotatable bonds is 17. The summed E-state index contributed by atoms with van der Waals surface area (Å²) in [7, 11) is 0. The van der Waals surface area contributed by atoms with Crippen molar-refractivity contribution in [2.24, 2.45) is 5.73 Å². The molecule has 2 N–H and O–H groups in total. The summed E-state index contributed by atoms with van der Waals surface area (Å²) in [4.78, 5) is 10.6. The number of unbranched alkanes of at least 4 members (excludes halogenated alkanes) is 15. The van der Waals surface area contributed by atoms with Gasteiger partial charge in [0.2, 0.25) is 5.91 Å². The van der Waals surface area contributed by atoms with Crippen LogP contribution in [-0.4, -0.2) is 5.91 Å². The minimum absolute atomic E-state index is 0.219. The molecule has 0 atom stereocenters. The van der Waals surface area contributed by atoms with Crippen LogP contribution in [0.25, 0.3) is 0 Å². The second kappa shape index (κ2) is 20.1. The Kier molecular flexibility index (Phi) is 19.3. The first-order valence-electron chi connectivity index (χ1n) is 10.5. The molecular formula is C22H41NO. The zero-order chi connectivity index (χ0) is 17.7. The number of carbonyl (C=O) groups excluding carboxylic acids is 1. The topological polar surface area (TPSA) is 43.1 Å². The molecular weight excluding hydrogens is 294 g/mol. The largest absolute Gasteiger partial charge is 0.370 e. The lowest BCUT2D eigenvalue weighted by Gasteiger charge is -2.02. The van der Waals surface area contributed by atoms with Crippen LogP contribution < -0.4 is 5.73 Å². The Labute approximate surface area is 151 Å². The average Bonchev–Trinajstić information content (AvgIpc) is 2.56. The minimum Gasteiger partial charge on any atom is -0.370 e. The number of carbonyl (C=O) groups is 1. The lowest BCUT2D eigenvalue weighted by molar-refractivity contribution is -0.118. The van der Waals surface area contributed by atoms with Gasteiger partial charge in [0.25, 0.3) is 0 Å².